The molecule has 3 atom stereocenters. The number of nitrogens with one attached hydrogen (secondary N) is 1. The number of amides is 1. The summed E-state index contributed by atoms with van der Waals surface area (Å²) < 4.78 is 4.60. The molecule has 0 fully saturated rings. The van der Waals surface area contributed by atoms with E-state index in [2.05, 4.69) is 10.1 Å². The van der Waals surface area contributed by atoms with Crippen LogP contribution in [0.4, 0.5) is 0 Å². The van der Waals surface area contributed by atoms with Crippen LogP contribution in [0.5, 0.6) is 0 Å². The normalized spacial score (nSPS) is 24.0. The summed E-state index contributed by atoms with van der Waals surface area (Å²) in [5.41, 5.74) is 2.36. The number of hydrogen-bond donors (Lipinski definition) is 7. The van der Waals surface area contributed by atoms with Gasteiger partial charge < -0.3 is 36.0 Å². The summed E-state index contributed by atoms with van der Waals surface area (Å²) in [6, 6.07) is -1.57. The molecule has 1 amide bonds. The summed E-state index contributed by atoms with van der Waals surface area (Å²) in [6.07, 6.45) is -2.67. The second kappa shape index (κ2) is 6.60. The Balaban J connectivity index is 3.11. The molecule has 22 heavy (non-hydrogen) atoms. The average molecular weight is 320 g/mol. The Hall–Kier alpha value is -2.37. The van der Waals surface area contributed by atoms with Gasteiger partial charge in [0.15, 0.2) is 0 Å². The van der Waals surface area contributed by atoms with E-state index in [1.807, 2.05) is 0 Å². The van der Waals surface area contributed by atoms with Gasteiger partial charge in [-0.3, -0.25) is 14.9 Å². The average Bonchev–Trinajstić information content (AvgIpc) is 2.67. The van der Waals surface area contributed by atoms with E-state index in [0.29, 0.717) is 0 Å². The van der Waals surface area contributed by atoms with E-state index in [0.717, 1.165) is 0 Å². The summed E-state index contributed by atoms with van der Waals surface area (Å²) in [6.45, 7) is -1.03. The van der Waals surface area contributed by atoms with Crippen molar-refractivity contribution >= 4 is 17.8 Å². The number of esters is 1. The molecule has 0 aromatic heterocycles. The Morgan fingerprint density at radius 1 is 1.36 bits per heavy atom. The monoisotopic (exact) mass is 320 g/mol. The van der Waals surface area contributed by atoms with Crippen molar-refractivity contribution in [3.8, 4) is 0 Å². The van der Waals surface area contributed by atoms with Crippen molar-refractivity contribution in [1.29, 1.82) is 0 Å². The zero-order chi connectivity index (χ0) is 17.1. The number of carboxylic acids is 1. The lowest BCUT2D eigenvalue weighted by atomic mass is 10.0. The largest absolute Gasteiger partial charge is 0.504 e. The third-order valence-corrected chi connectivity index (χ3v) is 3.03. The van der Waals surface area contributed by atoms with Crippen molar-refractivity contribution in [3.63, 3.8) is 0 Å². The molecule has 1 rings (SSSR count). The fourth-order valence-electron chi connectivity index (χ4n) is 1.87. The molecule has 0 saturated carbocycles. The van der Waals surface area contributed by atoms with Crippen molar-refractivity contribution in [2.75, 3.05) is 6.61 Å². The molecule has 0 bridgehead atoms. The van der Waals surface area contributed by atoms with Crippen molar-refractivity contribution in [1.82, 2.24) is 5.32 Å². The first-order valence-electron chi connectivity index (χ1n) is 6.09. The maximum Gasteiger partial charge on any atom is 0.379 e. The molecule has 8 N–H and O–H groups in total. The second-order valence-electron chi connectivity index (χ2n) is 4.56. The number of cyclic esters (lactones) is 1. The van der Waals surface area contributed by atoms with Gasteiger partial charge in [-0.15, -0.1) is 0 Å². The minimum atomic E-state index is -2.55. The molecule has 0 saturated heterocycles. The van der Waals surface area contributed by atoms with Crippen molar-refractivity contribution < 1.29 is 44.7 Å². The van der Waals surface area contributed by atoms with Gasteiger partial charge in [0, 0.05) is 6.42 Å². The lowest BCUT2D eigenvalue weighted by molar-refractivity contribution is -0.174. The van der Waals surface area contributed by atoms with Gasteiger partial charge >= 0.3 is 11.9 Å². The number of aliphatic hydroxyl groups excluding tert-OH is 4. The molecule has 0 aromatic carbocycles. The van der Waals surface area contributed by atoms with Gasteiger partial charge in [-0.1, -0.05) is 0 Å². The molecule has 11 heteroatoms. The van der Waals surface area contributed by atoms with Crippen LogP contribution in [-0.2, 0) is 19.1 Å². The lowest BCUT2D eigenvalue weighted by Gasteiger charge is -2.34. The van der Waals surface area contributed by atoms with Crippen molar-refractivity contribution in [2.24, 2.45) is 5.73 Å². The highest BCUT2D eigenvalue weighted by atomic mass is 16.6. The molecule has 0 aromatic rings. The predicted molar refractivity (Wildman–Crippen MR) is 67.2 cm³/mol. The fraction of sp³-hybridized carbons (Fsp3) is 0.545. The minimum Gasteiger partial charge on any atom is -0.504 e. The van der Waals surface area contributed by atoms with Gasteiger partial charge in [0.2, 0.25) is 17.4 Å². The van der Waals surface area contributed by atoms with Gasteiger partial charge in [0.25, 0.3) is 5.72 Å². The minimum absolute atomic E-state index is 0.348. The Kier molecular flexibility index (Phi) is 5.30. The van der Waals surface area contributed by atoms with Crippen LogP contribution in [0.1, 0.15) is 12.8 Å². The van der Waals surface area contributed by atoms with E-state index in [-0.39, 0.29) is 12.8 Å². The number of ether oxygens (including phenoxy) is 1. The standard InChI is InChI=1S/C11H16N2O9/c12-6(16)2-1-4(9(19)20)13-11(5(15)3-14)8(18)7(17)10(21)22-11/h4-5,13-15,17-18H,1-3H2,(H2,12,16)(H,19,20)/t4-,5-,11+/m0/s1. The van der Waals surface area contributed by atoms with Gasteiger partial charge in [0.05, 0.1) is 6.61 Å². The van der Waals surface area contributed by atoms with Crippen LogP contribution < -0.4 is 11.1 Å². The predicted octanol–water partition coefficient (Wildman–Crippen LogP) is -2.77. The van der Waals surface area contributed by atoms with Crippen LogP contribution in [0.25, 0.3) is 0 Å². The molecule has 124 valence electrons. The second-order valence-corrected chi connectivity index (χ2v) is 4.56. The first-order chi connectivity index (χ1) is 10.2. The van der Waals surface area contributed by atoms with E-state index < -0.39 is 53.8 Å². The molecule has 1 aliphatic rings. The molecule has 0 spiro atoms. The first-order valence-corrected chi connectivity index (χ1v) is 6.09. The Morgan fingerprint density at radius 2 is 1.95 bits per heavy atom. The van der Waals surface area contributed by atoms with Gasteiger partial charge in [-0.25, -0.2) is 4.79 Å². The van der Waals surface area contributed by atoms with Crippen molar-refractivity contribution in [3.05, 3.63) is 11.5 Å². The van der Waals surface area contributed by atoms with Crippen molar-refractivity contribution in [2.45, 2.75) is 30.7 Å². The summed E-state index contributed by atoms with van der Waals surface area (Å²) in [4.78, 5) is 33.2. The maximum absolute atomic E-state index is 11.3. The Morgan fingerprint density at radius 3 is 2.32 bits per heavy atom. The highest BCUT2D eigenvalue weighted by Crippen LogP contribution is 2.31. The number of aliphatic hydroxyl groups is 4. The van der Waals surface area contributed by atoms with Crippen LogP contribution in [0.3, 0.4) is 0 Å². The quantitative estimate of drug-likeness (QED) is 0.229. The number of primary amides is 1. The number of rotatable bonds is 8. The number of carbonyl (C=O) groups excluding carboxylic acids is 2. The third-order valence-electron chi connectivity index (χ3n) is 3.03. The van der Waals surface area contributed by atoms with E-state index in [4.69, 9.17) is 15.9 Å². The number of nitrogens with two attached hydrogens (primary N) is 1. The number of aliphatic carboxylic acids is 1. The van der Waals surface area contributed by atoms with Crippen LogP contribution in [0.2, 0.25) is 0 Å². The summed E-state index contributed by atoms with van der Waals surface area (Å²) in [7, 11) is 0. The molecule has 1 heterocycles. The van der Waals surface area contributed by atoms with Gasteiger partial charge in [-0.05, 0) is 6.42 Å². The van der Waals surface area contributed by atoms with Crippen LogP contribution in [0.15, 0.2) is 11.5 Å². The summed E-state index contributed by atoms with van der Waals surface area (Å²) >= 11 is 0. The summed E-state index contributed by atoms with van der Waals surface area (Å²) in [5.74, 6) is -6.13. The molecule has 0 unspecified atom stereocenters. The van der Waals surface area contributed by atoms with Crippen LogP contribution in [0, 0.1) is 0 Å². The van der Waals surface area contributed by atoms with Gasteiger partial charge in [-0.2, -0.15) is 0 Å². The zero-order valence-electron chi connectivity index (χ0n) is 11.2. The first kappa shape index (κ1) is 17.7. The topological polar surface area (TPSA) is 200 Å². The van der Waals surface area contributed by atoms with Crippen LogP contribution in [-0.4, -0.2) is 67.9 Å². The smallest absolute Gasteiger partial charge is 0.379 e. The maximum atomic E-state index is 11.3. The fourth-order valence-corrected chi connectivity index (χ4v) is 1.87. The lowest BCUT2D eigenvalue weighted by Crippen LogP contribution is -2.62. The van der Waals surface area contributed by atoms with E-state index in [1.54, 1.807) is 0 Å². The highest BCUT2D eigenvalue weighted by Gasteiger charge is 2.55. The third kappa shape index (κ3) is 3.27. The molecular formula is C11H16N2O9. The Labute approximate surface area is 123 Å². The Bertz CT molecular complexity index is 518. The number of carbonyl (C=O) groups is 3. The molecule has 0 radical (unpaired) electrons. The highest BCUT2D eigenvalue weighted by molar-refractivity contribution is 5.90. The van der Waals surface area contributed by atoms with E-state index in [1.165, 1.54) is 0 Å². The van der Waals surface area contributed by atoms with Gasteiger partial charge in [0.1, 0.15) is 12.1 Å². The SMILES string of the molecule is NC(=O)CC[C@H](N[C@]1([C@@H](O)CO)OC(=O)C(O)=C1O)C(=O)O. The number of carboxylic acid groups (broad SMARTS) is 1. The zero-order valence-corrected chi connectivity index (χ0v) is 11.2. The molecule has 11 nitrogen and oxygen atoms in total. The summed E-state index contributed by atoms with van der Waals surface area (Å²) in [5, 5.41) is 49.0. The van der Waals surface area contributed by atoms with Crippen LogP contribution >= 0.6 is 0 Å². The molecule has 1 aliphatic heterocycles. The molecular weight excluding hydrogens is 304 g/mol. The van der Waals surface area contributed by atoms with E-state index in [9.17, 15) is 29.7 Å². The molecule has 0 aliphatic carbocycles. The number of hydrogen-bond acceptors (Lipinski definition) is 9. The van der Waals surface area contributed by atoms with E-state index >= 15 is 0 Å².